The monoisotopic (exact) mass is 205 g/mol. The summed E-state index contributed by atoms with van der Waals surface area (Å²) in [6.07, 6.45) is 0. The van der Waals surface area contributed by atoms with E-state index in [9.17, 15) is 5.02 Å². The van der Waals surface area contributed by atoms with Crippen LogP contribution in [0.25, 0.3) is 21.5 Å². The average molecular weight is 205 g/mol. The second kappa shape index (κ2) is 3.65. The van der Waals surface area contributed by atoms with Gasteiger partial charge in [-0.2, -0.15) is 0 Å². The predicted molar refractivity (Wildman–Crippen MR) is 69.1 cm³/mol. The summed E-state index contributed by atoms with van der Waals surface area (Å²) in [4.78, 5) is 0. The molecule has 2 heteroatoms. The van der Waals surface area contributed by atoms with Crippen molar-refractivity contribution in [3.63, 3.8) is 0 Å². The summed E-state index contributed by atoms with van der Waals surface area (Å²) in [6.45, 7) is 0. The van der Waals surface area contributed by atoms with Gasteiger partial charge in [-0.15, -0.1) is 7.48 Å². The van der Waals surface area contributed by atoms with Crippen LogP contribution in [0.4, 0.5) is 0 Å². The second-order valence-electron chi connectivity index (χ2n) is 3.86. The van der Waals surface area contributed by atoms with E-state index in [1.54, 1.807) is 0 Å². The lowest BCUT2D eigenvalue weighted by Gasteiger charge is -2.15. The van der Waals surface area contributed by atoms with E-state index in [0.717, 1.165) is 16.2 Å². The van der Waals surface area contributed by atoms with E-state index < -0.39 is 0 Å². The van der Waals surface area contributed by atoms with E-state index >= 15 is 0 Å². The standard InChI is InChI=1S/C14H10BO/c16-15-14-9-10-5-1-2-6-11(10)12-7-3-4-8-13(12)14/h1-9,16H/q-1. The van der Waals surface area contributed by atoms with Crippen LogP contribution < -0.4 is 5.46 Å². The van der Waals surface area contributed by atoms with Gasteiger partial charge >= 0.3 is 0 Å². The first-order chi connectivity index (χ1) is 7.90. The highest BCUT2D eigenvalue weighted by Crippen LogP contribution is 2.23. The zero-order valence-corrected chi connectivity index (χ0v) is 8.72. The van der Waals surface area contributed by atoms with Gasteiger partial charge in [-0.05, 0) is 16.2 Å². The second-order valence-corrected chi connectivity index (χ2v) is 3.86. The summed E-state index contributed by atoms with van der Waals surface area (Å²) < 4.78 is 0. The molecule has 2 radical (unpaired) electrons. The first kappa shape index (κ1) is 9.43. The van der Waals surface area contributed by atoms with E-state index in [2.05, 4.69) is 18.2 Å². The molecule has 0 unspecified atom stereocenters. The molecule has 0 saturated carbocycles. The Morgan fingerprint density at radius 1 is 0.750 bits per heavy atom. The van der Waals surface area contributed by atoms with Gasteiger partial charge in [0, 0.05) is 0 Å². The van der Waals surface area contributed by atoms with Gasteiger partial charge in [0.05, 0.1) is 0 Å². The van der Waals surface area contributed by atoms with Crippen molar-refractivity contribution in [2.75, 3.05) is 0 Å². The van der Waals surface area contributed by atoms with Gasteiger partial charge in [-0.25, -0.2) is 5.46 Å². The third kappa shape index (κ3) is 1.31. The summed E-state index contributed by atoms with van der Waals surface area (Å²) in [6, 6.07) is 18.4. The molecule has 0 aromatic heterocycles. The topological polar surface area (TPSA) is 20.2 Å². The maximum absolute atomic E-state index is 9.27. The molecule has 0 amide bonds. The highest BCUT2D eigenvalue weighted by atomic mass is 16.2. The van der Waals surface area contributed by atoms with Crippen molar-refractivity contribution in [2.45, 2.75) is 0 Å². The van der Waals surface area contributed by atoms with Crippen LogP contribution in [0, 0.1) is 0 Å². The molecule has 3 rings (SSSR count). The minimum Gasteiger partial charge on any atom is -0.668 e. The summed E-state index contributed by atoms with van der Waals surface area (Å²) in [7, 11) is 1.18. The van der Waals surface area contributed by atoms with Crippen LogP contribution in [0.1, 0.15) is 0 Å². The van der Waals surface area contributed by atoms with Crippen molar-refractivity contribution in [2.24, 2.45) is 0 Å². The maximum Gasteiger partial charge on any atom is -0.0108 e. The number of hydrogen-bond donors (Lipinski definition) is 1. The predicted octanol–water partition coefficient (Wildman–Crippen LogP) is 2.23. The number of fused-ring (bicyclic) bond motifs is 3. The molecule has 3 aromatic carbocycles. The molecule has 0 aliphatic rings. The van der Waals surface area contributed by atoms with Gasteiger partial charge in [0.1, 0.15) is 0 Å². The van der Waals surface area contributed by atoms with Crippen molar-refractivity contribution in [1.82, 2.24) is 0 Å². The third-order valence-corrected chi connectivity index (χ3v) is 2.94. The summed E-state index contributed by atoms with van der Waals surface area (Å²) in [5, 5.41) is 13.9. The Balaban J connectivity index is 2.57. The Morgan fingerprint density at radius 2 is 1.38 bits per heavy atom. The van der Waals surface area contributed by atoms with Crippen LogP contribution in [0.15, 0.2) is 54.6 Å². The summed E-state index contributed by atoms with van der Waals surface area (Å²) in [5.74, 6) is 0. The van der Waals surface area contributed by atoms with Crippen LogP contribution in [-0.4, -0.2) is 12.5 Å². The molecule has 3 aromatic rings. The molecule has 0 heterocycles. The zero-order valence-electron chi connectivity index (χ0n) is 8.72. The van der Waals surface area contributed by atoms with E-state index in [0.29, 0.717) is 0 Å². The van der Waals surface area contributed by atoms with E-state index in [1.807, 2.05) is 36.4 Å². The van der Waals surface area contributed by atoms with Crippen LogP contribution in [-0.2, 0) is 0 Å². The van der Waals surface area contributed by atoms with E-state index in [-0.39, 0.29) is 0 Å². The van der Waals surface area contributed by atoms with Crippen molar-refractivity contribution in [3.05, 3.63) is 54.6 Å². The lowest BCUT2D eigenvalue weighted by atomic mass is 9.82. The smallest absolute Gasteiger partial charge is 0.0108 e. The fraction of sp³-hybridized carbons (Fsp3) is 0. The van der Waals surface area contributed by atoms with Gasteiger partial charge in [0.2, 0.25) is 0 Å². The zero-order chi connectivity index (χ0) is 11.0. The van der Waals surface area contributed by atoms with E-state index in [1.165, 1.54) is 18.3 Å². The summed E-state index contributed by atoms with van der Waals surface area (Å²) >= 11 is 0. The largest absolute Gasteiger partial charge is 0.668 e. The Labute approximate surface area is 94.6 Å². The minimum absolute atomic E-state index is 0.870. The van der Waals surface area contributed by atoms with Gasteiger partial charge in [0.15, 0.2) is 0 Å². The van der Waals surface area contributed by atoms with Gasteiger partial charge in [-0.1, -0.05) is 60.0 Å². The Kier molecular flexibility index (Phi) is 2.15. The SMILES string of the molecule is O[B-]c1cc2ccccc2c2ccccc12. The molecule has 0 atom stereocenters. The fourth-order valence-corrected chi connectivity index (χ4v) is 2.19. The lowest BCUT2D eigenvalue weighted by molar-refractivity contribution is 0.616. The summed E-state index contributed by atoms with van der Waals surface area (Å²) in [5.41, 5.74) is 0.870. The highest BCUT2D eigenvalue weighted by Gasteiger charge is 1.99. The minimum atomic E-state index is 0.870. The number of hydrogen-bond acceptors (Lipinski definition) is 1. The van der Waals surface area contributed by atoms with Crippen molar-refractivity contribution < 1.29 is 5.02 Å². The molecule has 1 nitrogen and oxygen atoms in total. The molecule has 0 aliphatic heterocycles. The first-order valence-electron chi connectivity index (χ1n) is 5.28. The van der Waals surface area contributed by atoms with Crippen LogP contribution >= 0.6 is 0 Å². The molecule has 0 spiro atoms. The maximum atomic E-state index is 9.27. The van der Waals surface area contributed by atoms with Crippen LogP contribution in [0.3, 0.4) is 0 Å². The molecule has 0 fully saturated rings. The molecule has 0 aliphatic carbocycles. The fourth-order valence-electron chi connectivity index (χ4n) is 2.19. The van der Waals surface area contributed by atoms with Crippen molar-refractivity contribution in [1.29, 1.82) is 0 Å². The molecule has 0 bridgehead atoms. The molecular formula is C14H10BO-. The Morgan fingerprint density at radius 3 is 2.12 bits per heavy atom. The Hall–Kier alpha value is -1.80. The lowest BCUT2D eigenvalue weighted by Crippen LogP contribution is -2.14. The molecule has 16 heavy (non-hydrogen) atoms. The number of benzene rings is 3. The number of rotatable bonds is 1. The van der Waals surface area contributed by atoms with Gasteiger partial charge < -0.3 is 5.02 Å². The quantitative estimate of drug-likeness (QED) is 0.477. The highest BCUT2D eigenvalue weighted by molar-refractivity contribution is 6.51. The van der Waals surface area contributed by atoms with Crippen LogP contribution in [0.2, 0.25) is 0 Å². The molecule has 76 valence electrons. The third-order valence-electron chi connectivity index (χ3n) is 2.94. The van der Waals surface area contributed by atoms with E-state index in [4.69, 9.17) is 0 Å². The first-order valence-corrected chi connectivity index (χ1v) is 5.28. The molecule has 0 saturated heterocycles. The molecule has 1 N–H and O–H groups in total. The van der Waals surface area contributed by atoms with Gasteiger partial charge in [0.25, 0.3) is 0 Å². The van der Waals surface area contributed by atoms with Crippen molar-refractivity contribution in [3.8, 4) is 0 Å². The van der Waals surface area contributed by atoms with Crippen molar-refractivity contribution >= 4 is 34.5 Å². The van der Waals surface area contributed by atoms with Crippen LogP contribution in [0.5, 0.6) is 0 Å². The normalized spacial score (nSPS) is 11.1. The Bertz CT molecular complexity index is 661. The average Bonchev–Trinajstić information content (AvgIpc) is 2.38. The van der Waals surface area contributed by atoms with Gasteiger partial charge in [-0.3, -0.25) is 0 Å². The molecular weight excluding hydrogens is 195 g/mol.